The molecule has 0 amide bonds. The highest BCUT2D eigenvalue weighted by Crippen LogP contribution is 2.07. The second-order valence-corrected chi connectivity index (χ2v) is 3.73. The fourth-order valence-corrected chi connectivity index (χ4v) is 1.26. The summed E-state index contributed by atoms with van der Waals surface area (Å²) in [7, 11) is 0. The van der Waals surface area contributed by atoms with Crippen molar-refractivity contribution in [3.05, 3.63) is 0 Å². The van der Waals surface area contributed by atoms with E-state index >= 15 is 0 Å². The molecule has 1 unspecified atom stereocenters. The standard InChI is InChI=1S/C10H21NO2/c1-4-13-10(12)6-5-9(11)7-8(2)3/h8-9H,4-7,11H2,1-3H3. The van der Waals surface area contributed by atoms with E-state index in [0.29, 0.717) is 18.9 Å². The maximum Gasteiger partial charge on any atom is 0.305 e. The molecule has 0 aliphatic heterocycles. The van der Waals surface area contributed by atoms with E-state index in [0.717, 1.165) is 12.8 Å². The van der Waals surface area contributed by atoms with Crippen LogP contribution in [0.5, 0.6) is 0 Å². The Bertz CT molecular complexity index is 146. The Morgan fingerprint density at radius 3 is 2.54 bits per heavy atom. The molecule has 0 aliphatic carbocycles. The fraction of sp³-hybridized carbons (Fsp3) is 0.900. The lowest BCUT2D eigenvalue weighted by Gasteiger charge is -2.12. The zero-order chi connectivity index (χ0) is 10.3. The number of hydrogen-bond acceptors (Lipinski definition) is 3. The molecule has 1 atom stereocenters. The molecule has 0 aromatic rings. The highest BCUT2D eigenvalue weighted by atomic mass is 16.5. The predicted molar refractivity (Wildman–Crippen MR) is 53.3 cm³/mol. The van der Waals surface area contributed by atoms with Crippen molar-refractivity contribution in [2.75, 3.05) is 6.61 Å². The van der Waals surface area contributed by atoms with E-state index in [9.17, 15) is 4.79 Å². The quantitative estimate of drug-likeness (QED) is 0.644. The van der Waals surface area contributed by atoms with Crippen molar-refractivity contribution >= 4 is 5.97 Å². The average Bonchev–Trinajstić information content (AvgIpc) is 2.00. The second-order valence-electron chi connectivity index (χ2n) is 3.73. The number of hydrogen-bond donors (Lipinski definition) is 1. The van der Waals surface area contributed by atoms with Crippen LogP contribution in [0.25, 0.3) is 0 Å². The van der Waals surface area contributed by atoms with Crippen LogP contribution in [0.3, 0.4) is 0 Å². The van der Waals surface area contributed by atoms with E-state index in [1.165, 1.54) is 0 Å². The maximum atomic E-state index is 11.0. The van der Waals surface area contributed by atoms with Crippen molar-refractivity contribution in [1.29, 1.82) is 0 Å². The molecule has 0 saturated carbocycles. The monoisotopic (exact) mass is 187 g/mol. The third-order valence-electron chi connectivity index (χ3n) is 1.80. The third-order valence-corrected chi connectivity index (χ3v) is 1.80. The molecule has 2 N–H and O–H groups in total. The molecule has 78 valence electrons. The average molecular weight is 187 g/mol. The first-order valence-electron chi connectivity index (χ1n) is 4.97. The topological polar surface area (TPSA) is 52.3 Å². The van der Waals surface area contributed by atoms with Crippen LogP contribution in [-0.4, -0.2) is 18.6 Å². The van der Waals surface area contributed by atoms with Crippen LogP contribution in [-0.2, 0) is 9.53 Å². The Balaban J connectivity index is 3.45. The van der Waals surface area contributed by atoms with Crippen molar-refractivity contribution in [2.24, 2.45) is 11.7 Å². The van der Waals surface area contributed by atoms with Crippen LogP contribution in [0.4, 0.5) is 0 Å². The van der Waals surface area contributed by atoms with Gasteiger partial charge in [0.05, 0.1) is 6.61 Å². The highest BCUT2D eigenvalue weighted by Gasteiger charge is 2.08. The number of ether oxygens (including phenoxy) is 1. The minimum absolute atomic E-state index is 0.129. The Kier molecular flexibility index (Phi) is 6.59. The van der Waals surface area contributed by atoms with Gasteiger partial charge in [0.25, 0.3) is 0 Å². The van der Waals surface area contributed by atoms with Crippen LogP contribution in [0, 0.1) is 5.92 Å². The van der Waals surface area contributed by atoms with Crippen molar-refractivity contribution in [3.63, 3.8) is 0 Å². The van der Waals surface area contributed by atoms with E-state index in [1.54, 1.807) is 0 Å². The lowest BCUT2D eigenvalue weighted by Crippen LogP contribution is -2.23. The Hall–Kier alpha value is -0.570. The zero-order valence-electron chi connectivity index (χ0n) is 8.88. The van der Waals surface area contributed by atoms with Crippen molar-refractivity contribution < 1.29 is 9.53 Å². The number of carbonyl (C=O) groups excluding carboxylic acids is 1. The van der Waals surface area contributed by atoms with Crippen molar-refractivity contribution in [1.82, 2.24) is 0 Å². The molecule has 0 bridgehead atoms. The first-order valence-corrected chi connectivity index (χ1v) is 4.97. The van der Waals surface area contributed by atoms with Crippen LogP contribution in [0.1, 0.15) is 40.0 Å². The summed E-state index contributed by atoms with van der Waals surface area (Å²) in [5, 5.41) is 0. The molecule has 13 heavy (non-hydrogen) atoms. The number of rotatable bonds is 6. The first-order chi connectivity index (χ1) is 6.06. The van der Waals surface area contributed by atoms with Gasteiger partial charge in [0.2, 0.25) is 0 Å². The van der Waals surface area contributed by atoms with Crippen LogP contribution >= 0.6 is 0 Å². The fourth-order valence-electron chi connectivity index (χ4n) is 1.26. The van der Waals surface area contributed by atoms with Gasteiger partial charge in [-0.15, -0.1) is 0 Å². The zero-order valence-corrected chi connectivity index (χ0v) is 8.88. The second kappa shape index (κ2) is 6.89. The van der Waals surface area contributed by atoms with E-state index in [2.05, 4.69) is 13.8 Å². The van der Waals surface area contributed by atoms with E-state index in [-0.39, 0.29) is 12.0 Å². The van der Waals surface area contributed by atoms with Crippen LogP contribution in [0.15, 0.2) is 0 Å². The smallest absolute Gasteiger partial charge is 0.305 e. The molecule has 3 heteroatoms. The van der Waals surface area contributed by atoms with E-state index in [4.69, 9.17) is 10.5 Å². The molecular weight excluding hydrogens is 166 g/mol. The number of nitrogens with two attached hydrogens (primary N) is 1. The molecule has 0 heterocycles. The lowest BCUT2D eigenvalue weighted by atomic mass is 10.0. The molecule has 0 fully saturated rings. The normalized spacial score (nSPS) is 13.0. The Morgan fingerprint density at radius 2 is 2.08 bits per heavy atom. The van der Waals surface area contributed by atoms with E-state index in [1.807, 2.05) is 6.92 Å². The molecule has 0 aromatic heterocycles. The molecule has 0 aromatic carbocycles. The van der Waals surface area contributed by atoms with Gasteiger partial charge in [-0.1, -0.05) is 13.8 Å². The van der Waals surface area contributed by atoms with Crippen molar-refractivity contribution in [2.45, 2.75) is 46.1 Å². The SMILES string of the molecule is CCOC(=O)CCC(N)CC(C)C. The van der Waals surface area contributed by atoms with Crippen LogP contribution in [0.2, 0.25) is 0 Å². The minimum atomic E-state index is -0.137. The summed E-state index contributed by atoms with van der Waals surface area (Å²) in [6.45, 7) is 6.53. The minimum Gasteiger partial charge on any atom is -0.466 e. The summed E-state index contributed by atoms with van der Waals surface area (Å²) >= 11 is 0. The summed E-state index contributed by atoms with van der Waals surface area (Å²) in [5.41, 5.74) is 5.81. The molecule has 0 saturated heterocycles. The number of esters is 1. The van der Waals surface area contributed by atoms with Gasteiger partial charge in [0.1, 0.15) is 0 Å². The number of carbonyl (C=O) groups is 1. The van der Waals surface area contributed by atoms with Crippen LogP contribution < -0.4 is 5.73 Å². The third kappa shape index (κ3) is 7.78. The predicted octanol–water partition coefficient (Wildman–Crippen LogP) is 1.70. The summed E-state index contributed by atoms with van der Waals surface area (Å²) in [4.78, 5) is 11.0. The van der Waals surface area contributed by atoms with E-state index < -0.39 is 0 Å². The first kappa shape index (κ1) is 12.4. The Labute approximate surface area is 80.6 Å². The van der Waals surface area contributed by atoms with Gasteiger partial charge in [-0.3, -0.25) is 4.79 Å². The molecular formula is C10H21NO2. The van der Waals surface area contributed by atoms with Gasteiger partial charge in [0.15, 0.2) is 0 Å². The van der Waals surface area contributed by atoms with Gasteiger partial charge in [-0.2, -0.15) is 0 Å². The maximum absolute atomic E-state index is 11.0. The summed E-state index contributed by atoms with van der Waals surface area (Å²) < 4.78 is 4.80. The largest absolute Gasteiger partial charge is 0.466 e. The van der Waals surface area contributed by atoms with Gasteiger partial charge >= 0.3 is 5.97 Å². The molecule has 0 aliphatic rings. The molecule has 3 nitrogen and oxygen atoms in total. The van der Waals surface area contributed by atoms with Crippen molar-refractivity contribution in [3.8, 4) is 0 Å². The van der Waals surface area contributed by atoms with Gasteiger partial charge < -0.3 is 10.5 Å². The van der Waals surface area contributed by atoms with Gasteiger partial charge in [-0.25, -0.2) is 0 Å². The summed E-state index contributed by atoms with van der Waals surface area (Å²) in [5.74, 6) is 0.457. The lowest BCUT2D eigenvalue weighted by molar-refractivity contribution is -0.143. The molecule has 0 radical (unpaired) electrons. The summed E-state index contributed by atoms with van der Waals surface area (Å²) in [6.07, 6.45) is 2.15. The molecule has 0 spiro atoms. The van der Waals surface area contributed by atoms with Gasteiger partial charge in [0, 0.05) is 12.5 Å². The Morgan fingerprint density at radius 1 is 1.46 bits per heavy atom. The highest BCUT2D eigenvalue weighted by molar-refractivity contribution is 5.69. The molecule has 0 rings (SSSR count). The summed E-state index contributed by atoms with van der Waals surface area (Å²) in [6, 6.07) is 0.129. The van der Waals surface area contributed by atoms with Gasteiger partial charge in [-0.05, 0) is 25.7 Å².